The molecule has 0 saturated carbocycles. The normalized spacial score (nSPS) is 6.67. The monoisotopic (exact) mass is 202 g/mol. The van der Waals surface area contributed by atoms with E-state index in [-0.39, 0.29) is 42.0 Å². The van der Waals surface area contributed by atoms with E-state index < -0.39 is 0 Å². The molecule has 0 aliphatic rings. The summed E-state index contributed by atoms with van der Waals surface area (Å²) in [6, 6.07) is 0. The second-order valence-corrected chi connectivity index (χ2v) is 1.90. The van der Waals surface area contributed by atoms with Gasteiger partial charge < -0.3 is 28.4 Å². The van der Waals surface area contributed by atoms with Crippen LogP contribution in [0.25, 0.3) is 16.0 Å². The topological polar surface area (TPSA) is 63.1 Å². The van der Waals surface area contributed by atoms with E-state index in [2.05, 4.69) is 20.8 Å². The van der Waals surface area contributed by atoms with Crippen LogP contribution in [0.1, 0.15) is 20.8 Å². The van der Waals surface area contributed by atoms with Gasteiger partial charge in [-0.3, -0.25) is 4.91 Å². The third-order valence-electron chi connectivity index (χ3n) is 1.50. The standard InChI is InChI=1S/C6H15N.ClH.N3.Na/c1-4-7(5-2)6-3;;1-3-2;/h4-6H2,1-3H3;1H;;/q;;-1;+1. The number of rotatable bonds is 3. The van der Waals surface area contributed by atoms with E-state index in [1.807, 2.05) is 0 Å². The molecule has 0 saturated heterocycles. The second-order valence-electron chi connectivity index (χ2n) is 1.90. The molecule has 0 spiro atoms. The number of hydrogen-bond acceptors (Lipinski definition) is 0. The Balaban J connectivity index is -0.0000000569. The van der Waals surface area contributed by atoms with Crippen molar-refractivity contribution in [3.63, 3.8) is 0 Å². The van der Waals surface area contributed by atoms with Crippen molar-refractivity contribution in [1.29, 1.82) is 0 Å². The first kappa shape index (κ1) is 22.9. The number of nitrogens with one attached hydrogen (secondary N) is 1. The van der Waals surface area contributed by atoms with Crippen molar-refractivity contribution in [2.45, 2.75) is 20.8 Å². The fourth-order valence-corrected chi connectivity index (χ4v) is 0.750. The van der Waals surface area contributed by atoms with Gasteiger partial charge >= 0.3 is 29.6 Å². The Morgan fingerprint density at radius 3 is 1.17 bits per heavy atom. The van der Waals surface area contributed by atoms with Crippen LogP contribution in [0.5, 0.6) is 0 Å². The van der Waals surface area contributed by atoms with Crippen molar-refractivity contribution in [2.75, 3.05) is 19.6 Å². The molecule has 4 nitrogen and oxygen atoms in total. The van der Waals surface area contributed by atoms with E-state index >= 15 is 0 Å². The van der Waals surface area contributed by atoms with Crippen LogP contribution in [0.15, 0.2) is 0 Å². The maximum atomic E-state index is 6.75. The smallest absolute Gasteiger partial charge is 1.00 e. The Hall–Kier alpha value is 0.560. The van der Waals surface area contributed by atoms with Crippen molar-refractivity contribution in [2.24, 2.45) is 0 Å². The molecule has 0 rings (SSSR count). The average molecular weight is 203 g/mol. The van der Waals surface area contributed by atoms with Gasteiger partial charge in [-0.05, 0) is 20.8 Å². The van der Waals surface area contributed by atoms with Gasteiger partial charge in [0.2, 0.25) is 0 Å². The molecular formula is C6H16ClN4Na. The van der Waals surface area contributed by atoms with E-state index in [0.717, 1.165) is 0 Å². The van der Waals surface area contributed by atoms with Crippen molar-refractivity contribution < 1.29 is 46.9 Å². The molecule has 0 radical (unpaired) electrons. The zero-order valence-corrected chi connectivity index (χ0v) is 11.1. The third-order valence-corrected chi connectivity index (χ3v) is 1.50. The summed E-state index contributed by atoms with van der Waals surface area (Å²) in [6.07, 6.45) is 0. The number of halogens is 1. The summed E-state index contributed by atoms with van der Waals surface area (Å²) in [5.41, 5.74) is 13.5. The molecule has 0 aliphatic heterocycles. The van der Waals surface area contributed by atoms with Gasteiger partial charge in [-0.25, -0.2) is 0 Å². The Labute approximate surface area is 103 Å². The van der Waals surface area contributed by atoms with E-state index in [9.17, 15) is 0 Å². The summed E-state index contributed by atoms with van der Waals surface area (Å²) in [5.74, 6) is 0. The van der Waals surface area contributed by atoms with Crippen LogP contribution in [0.3, 0.4) is 0 Å². The van der Waals surface area contributed by atoms with Crippen LogP contribution in [0.4, 0.5) is 0 Å². The summed E-state index contributed by atoms with van der Waals surface area (Å²) in [7, 11) is 0. The van der Waals surface area contributed by atoms with Gasteiger partial charge in [0.1, 0.15) is 0 Å². The molecule has 0 fully saturated rings. The van der Waals surface area contributed by atoms with Crippen LogP contribution < -0.4 is 46.9 Å². The minimum Gasteiger partial charge on any atom is -1.00 e. The summed E-state index contributed by atoms with van der Waals surface area (Å²) in [4.78, 5) is 3.18. The zero-order valence-electron chi connectivity index (χ0n) is 8.34. The summed E-state index contributed by atoms with van der Waals surface area (Å²) in [5, 5.41) is 0. The largest absolute Gasteiger partial charge is 1.00 e. The minimum absolute atomic E-state index is 0. The fraction of sp³-hybridized carbons (Fsp3) is 1.00. The molecular weight excluding hydrogens is 187 g/mol. The molecule has 0 aliphatic carbocycles. The molecule has 0 aromatic heterocycles. The molecule has 12 heavy (non-hydrogen) atoms. The predicted octanol–water partition coefficient (Wildman–Crippen LogP) is -5.19. The van der Waals surface area contributed by atoms with Crippen LogP contribution in [0, 0.1) is 0 Å². The molecule has 0 unspecified atom stereocenters. The summed E-state index contributed by atoms with van der Waals surface area (Å²) in [6.45, 7) is 10.5. The van der Waals surface area contributed by atoms with Gasteiger partial charge in [-0.15, -0.1) is 0 Å². The first-order chi connectivity index (χ1) is 4.76. The van der Waals surface area contributed by atoms with Gasteiger partial charge in [0.25, 0.3) is 0 Å². The van der Waals surface area contributed by atoms with Crippen LogP contribution in [-0.2, 0) is 0 Å². The molecule has 6 heteroatoms. The maximum absolute atomic E-state index is 6.75. The van der Waals surface area contributed by atoms with Crippen molar-refractivity contribution in [1.82, 2.24) is 0 Å². The van der Waals surface area contributed by atoms with Gasteiger partial charge in [-0.2, -0.15) is 0 Å². The first-order valence-electron chi connectivity index (χ1n) is 3.58. The zero-order chi connectivity index (χ0) is 8.41. The molecule has 0 aromatic rings. The second kappa shape index (κ2) is 22.6. The number of hydrogen-bond donors (Lipinski definition) is 1. The molecule has 0 heterocycles. The van der Waals surface area contributed by atoms with E-state index in [1.54, 1.807) is 4.90 Å². The molecule has 1 N–H and O–H groups in total. The Kier molecular flexibility index (Phi) is 43.1. The first-order valence-corrected chi connectivity index (χ1v) is 3.58. The SMILES string of the molecule is CC[NH+](CC)CC.[Cl-].[N-]=[N+]=[N-].[Na+]. The third kappa shape index (κ3) is 22.4. The Morgan fingerprint density at radius 2 is 1.17 bits per heavy atom. The van der Waals surface area contributed by atoms with Gasteiger partial charge in [-0.1, -0.05) is 0 Å². The van der Waals surface area contributed by atoms with Crippen molar-refractivity contribution >= 4 is 0 Å². The van der Waals surface area contributed by atoms with Crippen molar-refractivity contribution in [3.8, 4) is 0 Å². The van der Waals surface area contributed by atoms with E-state index in [0.29, 0.717) is 0 Å². The minimum atomic E-state index is 0. The van der Waals surface area contributed by atoms with E-state index in [1.165, 1.54) is 24.5 Å². The summed E-state index contributed by atoms with van der Waals surface area (Å²) >= 11 is 0. The fourth-order valence-electron chi connectivity index (χ4n) is 0.750. The van der Waals surface area contributed by atoms with Gasteiger partial charge in [0.05, 0.1) is 19.6 Å². The maximum Gasteiger partial charge on any atom is 1.00 e. The molecule has 0 bridgehead atoms. The van der Waals surface area contributed by atoms with Crippen LogP contribution >= 0.6 is 0 Å². The average Bonchev–Trinajstić information content (AvgIpc) is 1.93. The van der Waals surface area contributed by atoms with Gasteiger partial charge in [0.15, 0.2) is 0 Å². The summed E-state index contributed by atoms with van der Waals surface area (Å²) < 4.78 is 0. The molecule has 0 aromatic carbocycles. The molecule has 0 amide bonds. The van der Waals surface area contributed by atoms with E-state index in [4.69, 9.17) is 11.1 Å². The van der Waals surface area contributed by atoms with Crippen LogP contribution in [0.2, 0.25) is 0 Å². The molecule has 68 valence electrons. The van der Waals surface area contributed by atoms with Gasteiger partial charge in [0, 0.05) is 0 Å². The van der Waals surface area contributed by atoms with Crippen molar-refractivity contribution in [3.05, 3.63) is 16.0 Å². The number of nitrogens with zero attached hydrogens (tertiary/aromatic N) is 3. The quantitative estimate of drug-likeness (QED) is 0.206. The Morgan fingerprint density at radius 1 is 1.00 bits per heavy atom. The van der Waals surface area contributed by atoms with Crippen LogP contribution in [-0.4, -0.2) is 19.6 Å². The number of quaternary nitrogens is 1. The predicted molar refractivity (Wildman–Crippen MR) is 42.7 cm³/mol. The molecule has 0 atom stereocenters. The Bertz CT molecular complexity index is 86.0.